The van der Waals surface area contributed by atoms with Crippen LogP contribution in [0.5, 0.6) is 5.75 Å². The third kappa shape index (κ3) is 5.58. The zero-order valence-corrected chi connectivity index (χ0v) is 13.6. The van der Waals surface area contributed by atoms with Gasteiger partial charge in [-0.1, -0.05) is 18.2 Å². The van der Waals surface area contributed by atoms with Crippen LogP contribution in [0.1, 0.15) is 24.8 Å². The minimum Gasteiger partial charge on any atom is -0.405 e. The van der Waals surface area contributed by atoms with Crippen molar-refractivity contribution in [3.8, 4) is 5.75 Å². The number of nitrogens with one attached hydrogen (secondary N) is 2. The number of alkyl halides is 3. The van der Waals surface area contributed by atoms with E-state index in [1.807, 2.05) is 6.92 Å². The third-order valence-electron chi connectivity index (χ3n) is 3.75. The van der Waals surface area contributed by atoms with E-state index in [4.69, 9.17) is 0 Å². The number of rotatable bonds is 6. The van der Waals surface area contributed by atoms with Crippen molar-refractivity contribution >= 4 is 18.3 Å². The van der Waals surface area contributed by atoms with E-state index in [2.05, 4.69) is 15.4 Å². The van der Waals surface area contributed by atoms with E-state index in [9.17, 15) is 18.0 Å². The number of amides is 1. The molecule has 1 amide bonds. The summed E-state index contributed by atoms with van der Waals surface area (Å²) < 4.78 is 41.2. The van der Waals surface area contributed by atoms with Crippen molar-refractivity contribution in [2.75, 3.05) is 13.6 Å². The fourth-order valence-electron chi connectivity index (χ4n) is 2.32. The smallest absolute Gasteiger partial charge is 0.405 e. The molecule has 3 atom stereocenters. The number of carbonyl (C=O) groups is 1. The lowest BCUT2D eigenvalue weighted by Crippen LogP contribution is -2.38. The maximum Gasteiger partial charge on any atom is 0.573 e. The van der Waals surface area contributed by atoms with Crippen LogP contribution in [0.3, 0.4) is 0 Å². The Bertz CT molecular complexity index is 540. The standard InChI is InChI=1S/C15H19F3N2O2.ClH/c1-9(19-2)8-20-14(21)12-7-11(12)10-5-3-4-6-13(10)22-15(16,17)18;/h3-6,9,11-12,19H,7-8H2,1-2H3,(H,20,21);1H. The lowest BCUT2D eigenvalue weighted by atomic mass is 10.1. The van der Waals surface area contributed by atoms with Crippen LogP contribution in [0.2, 0.25) is 0 Å². The first-order valence-electron chi connectivity index (χ1n) is 7.11. The number of hydrogen-bond acceptors (Lipinski definition) is 3. The molecule has 2 N–H and O–H groups in total. The minimum atomic E-state index is -4.73. The van der Waals surface area contributed by atoms with Crippen LogP contribution in [-0.2, 0) is 4.79 Å². The zero-order valence-electron chi connectivity index (χ0n) is 12.8. The van der Waals surface area contributed by atoms with Gasteiger partial charge >= 0.3 is 6.36 Å². The number of para-hydroxylation sites is 1. The van der Waals surface area contributed by atoms with Crippen LogP contribution >= 0.6 is 12.4 Å². The maximum atomic E-state index is 12.4. The van der Waals surface area contributed by atoms with Crippen molar-refractivity contribution in [2.24, 2.45) is 5.92 Å². The summed E-state index contributed by atoms with van der Waals surface area (Å²) in [6, 6.07) is 6.13. The first kappa shape index (κ1) is 19.6. The van der Waals surface area contributed by atoms with Gasteiger partial charge in [0.25, 0.3) is 0 Å². The SMILES string of the molecule is CNC(C)CNC(=O)C1CC1c1ccccc1OC(F)(F)F.Cl. The predicted octanol–water partition coefficient (Wildman–Crippen LogP) is 2.83. The Hall–Kier alpha value is -1.47. The second-order valence-electron chi connectivity index (χ2n) is 5.47. The highest BCUT2D eigenvalue weighted by molar-refractivity contribution is 5.85. The lowest BCUT2D eigenvalue weighted by Gasteiger charge is -2.13. The molecule has 1 aliphatic carbocycles. The molecule has 2 rings (SSSR count). The summed E-state index contributed by atoms with van der Waals surface area (Å²) in [5, 5.41) is 5.80. The largest absolute Gasteiger partial charge is 0.573 e. The van der Waals surface area contributed by atoms with Gasteiger partial charge < -0.3 is 15.4 Å². The Morgan fingerprint density at radius 2 is 2.04 bits per heavy atom. The van der Waals surface area contributed by atoms with Crippen molar-refractivity contribution in [2.45, 2.75) is 31.7 Å². The Balaban J connectivity index is 0.00000264. The van der Waals surface area contributed by atoms with E-state index in [0.29, 0.717) is 18.5 Å². The molecule has 0 aliphatic heterocycles. The van der Waals surface area contributed by atoms with E-state index in [0.717, 1.165) is 0 Å². The molecule has 130 valence electrons. The van der Waals surface area contributed by atoms with Crippen LogP contribution < -0.4 is 15.4 Å². The first-order chi connectivity index (χ1) is 10.3. The second-order valence-corrected chi connectivity index (χ2v) is 5.47. The molecule has 1 aromatic carbocycles. The molecule has 0 spiro atoms. The van der Waals surface area contributed by atoms with Gasteiger partial charge in [-0.25, -0.2) is 0 Å². The summed E-state index contributed by atoms with van der Waals surface area (Å²) in [6.45, 7) is 2.41. The van der Waals surface area contributed by atoms with Crippen molar-refractivity contribution < 1.29 is 22.7 Å². The topological polar surface area (TPSA) is 50.4 Å². The van der Waals surface area contributed by atoms with Gasteiger partial charge in [0.15, 0.2) is 0 Å². The van der Waals surface area contributed by atoms with Gasteiger partial charge in [0.1, 0.15) is 5.75 Å². The predicted molar refractivity (Wildman–Crippen MR) is 82.8 cm³/mol. The van der Waals surface area contributed by atoms with Crippen molar-refractivity contribution in [1.82, 2.24) is 10.6 Å². The van der Waals surface area contributed by atoms with Gasteiger partial charge in [-0.15, -0.1) is 25.6 Å². The molecule has 0 heterocycles. The highest BCUT2D eigenvalue weighted by atomic mass is 35.5. The summed E-state index contributed by atoms with van der Waals surface area (Å²) in [4.78, 5) is 12.0. The van der Waals surface area contributed by atoms with Crippen LogP contribution in [0.25, 0.3) is 0 Å². The summed E-state index contributed by atoms with van der Waals surface area (Å²) in [5.74, 6) is -0.863. The summed E-state index contributed by atoms with van der Waals surface area (Å²) in [5.41, 5.74) is 0.432. The molecule has 23 heavy (non-hydrogen) atoms. The van der Waals surface area contributed by atoms with Gasteiger partial charge in [0.2, 0.25) is 5.91 Å². The van der Waals surface area contributed by atoms with Gasteiger partial charge in [-0.3, -0.25) is 4.79 Å². The molecule has 0 saturated heterocycles. The average molecular weight is 353 g/mol. The monoisotopic (exact) mass is 352 g/mol. The fraction of sp³-hybridized carbons (Fsp3) is 0.533. The Labute approximate surface area is 139 Å². The van der Waals surface area contributed by atoms with Crippen LogP contribution in [-0.4, -0.2) is 31.9 Å². The van der Waals surface area contributed by atoms with Gasteiger partial charge in [-0.2, -0.15) is 0 Å². The quantitative estimate of drug-likeness (QED) is 0.827. The number of likely N-dealkylation sites (N-methyl/N-ethyl adjacent to an activating group) is 1. The van der Waals surface area contributed by atoms with Crippen molar-refractivity contribution in [3.63, 3.8) is 0 Å². The lowest BCUT2D eigenvalue weighted by molar-refractivity contribution is -0.274. The van der Waals surface area contributed by atoms with E-state index in [1.54, 1.807) is 19.2 Å². The number of halogens is 4. The highest BCUT2D eigenvalue weighted by Gasteiger charge is 2.46. The Morgan fingerprint density at radius 3 is 2.65 bits per heavy atom. The normalized spacial score (nSPS) is 21.1. The summed E-state index contributed by atoms with van der Waals surface area (Å²) in [7, 11) is 1.79. The molecule has 0 bridgehead atoms. The van der Waals surface area contributed by atoms with Crippen LogP contribution in [0, 0.1) is 5.92 Å². The van der Waals surface area contributed by atoms with Crippen molar-refractivity contribution in [1.29, 1.82) is 0 Å². The van der Waals surface area contributed by atoms with E-state index in [-0.39, 0.29) is 41.9 Å². The molecule has 3 unspecified atom stereocenters. The van der Waals surface area contributed by atoms with Crippen LogP contribution in [0.15, 0.2) is 24.3 Å². The molecular formula is C15H20ClF3N2O2. The van der Waals surface area contributed by atoms with Crippen LogP contribution in [0.4, 0.5) is 13.2 Å². The fourth-order valence-corrected chi connectivity index (χ4v) is 2.32. The molecule has 1 aromatic rings. The Morgan fingerprint density at radius 1 is 1.39 bits per heavy atom. The van der Waals surface area contributed by atoms with Gasteiger partial charge in [0, 0.05) is 18.5 Å². The second kappa shape index (κ2) is 7.88. The first-order valence-corrected chi connectivity index (χ1v) is 7.11. The number of ether oxygens (including phenoxy) is 1. The van der Waals surface area contributed by atoms with Gasteiger partial charge in [-0.05, 0) is 37.9 Å². The van der Waals surface area contributed by atoms with Crippen molar-refractivity contribution in [3.05, 3.63) is 29.8 Å². The molecule has 1 fully saturated rings. The van der Waals surface area contributed by atoms with E-state index >= 15 is 0 Å². The number of carbonyl (C=O) groups excluding carboxylic acids is 1. The average Bonchev–Trinajstić information content (AvgIpc) is 3.23. The number of hydrogen-bond donors (Lipinski definition) is 2. The molecule has 0 aromatic heterocycles. The third-order valence-corrected chi connectivity index (χ3v) is 3.75. The van der Waals surface area contributed by atoms with E-state index < -0.39 is 6.36 Å². The molecule has 0 radical (unpaired) electrons. The molecular weight excluding hydrogens is 333 g/mol. The molecule has 1 aliphatic rings. The number of benzene rings is 1. The molecule has 1 saturated carbocycles. The summed E-state index contributed by atoms with van der Waals surface area (Å²) in [6.07, 6.45) is -4.19. The summed E-state index contributed by atoms with van der Waals surface area (Å²) >= 11 is 0. The zero-order chi connectivity index (χ0) is 16.3. The van der Waals surface area contributed by atoms with Gasteiger partial charge in [0.05, 0.1) is 0 Å². The molecule has 8 heteroatoms. The maximum absolute atomic E-state index is 12.4. The minimum absolute atomic E-state index is 0. The van der Waals surface area contributed by atoms with E-state index in [1.165, 1.54) is 12.1 Å². The highest BCUT2D eigenvalue weighted by Crippen LogP contribution is 2.50. The molecule has 4 nitrogen and oxygen atoms in total. The Kier molecular flexibility index (Phi) is 6.70.